The zero-order chi connectivity index (χ0) is 15.3. The molecule has 0 aliphatic rings. The van der Waals surface area contributed by atoms with Gasteiger partial charge in [0.25, 0.3) is 0 Å². The van der Waals surface area contributed by atoms with Crippen LogP contribution in [0.4, 0.5) is 0 Å². The lowest BCUT2D eigenvalue weighted by Crippen LogP contribution is -1.92. The van der Waals surface area contributed by atoms with Crippen LogP contribution in [0.2, 0.25) is 0 Å². The summed E-state index contributed by atoms with van der Waals surface area (Å²) in [5.74, 6) is 11.9. The van der Waals surface area contributed by atoms with E-state index in [1.54, 1.807) is 24.3 Å². The summed E-state index contributed by atoms with van der Waals surface area (Å²) in [5, 5.41) is 0. The number of hydrogen-bond donors (Lipinski definition) is 0. The highest BCUT2D eigenvalue weighted by molar-refractivity contribution is 6.09. The van der Waals surface area contributed by atoms with Crippen molar-refractivity contribution in [2.24, 2.45) is 5.92 Å². The lowest BCUT2D eigenvalue weighted by Gasteiger charge is -2.04. The van der Waals surface area contributed by atoms with Crippen molar-refractivity contribution >= 4 is 5.78 Å². The van der Waals surface area contributed by atoms with E-state index in [0.29, 0.717) is 11.5 Å². The number of hydrogen-bond acceptors (Lipinski definition) is 1. The summed E-state index contributed by atoms with van der Waals surface area (Å²) < 4.78 is 0. The first-order valence-electron chi connectivity index (χ1n) is 7.48. The summed E-state index contributed by atoms with van der Waals surface area (Å²) in [7, 11) is 0. The summed E-state index contributed by atoms with van der Waals surface area (Å²) in [5.41, 5.74) is 0.620. The number of benzene rings is 1. The average molecular weight is 278 g/mol. The summed E-state index contributed by atoms with van der Waals surface area (Å²) >= 11 is 0. The Morgan fingerprint density at radius 3 is 2.62 bits per heavy atom. The van der Waals surface area contributed by atoms with Gasteiger partial charge in [0.1, 0.15) is 0 Å². The minimum atomic E-state index is -0.165. The van der Waals surface area contributed by atoms with Crippen LogP contribution in [0.15, 0.2) is 42.5 Å². The minimum Gasteiger partial charge on any atom is -0.279 e. The molecule has 0 saturated carbocycles. The maximum Gasteiger partial charge on any atom is 0.236 e. The second kappa shape index (κ2) is 10.5. The number of carbonyl (C=O) groups excluding carboxylic acids is 1. The van der Waals surface area contributed by atoms with E-state index < -0.39 is 0 Å². The molecule has 21 heavy (non-hydrogen) atoms. The van der Waals surface area contributed by atoms with Gasteiger partial charge < -0.3 is 0 Å². The maximum absolute atomic E-state index is 11.7. The predicted molar refractivity (Wildman–Crippen MR) is 88.8 cm³/mol. The minimum absolute atomic E-state index is 0.165. The highest BCUT2D eigenvalue weighted by Gasteiger charge is 1.98. The van der Waals surface area contributed by atoms with Crippen molar-refractivity contribution in [3.63, 3.8) is 0 Å². The molecule has 0 heterocycles. The zero-order valence-corrected chi connectivity index (χ0v) is 12.9. The number of Topliss-reactive ketones (excluding diaryl/α,β-unsaturated/α-hetero) is 1. The van der Waals surface area contributed by atoms with Crippen molar-refractivity contribution in [3.05, 3.63) is 48.0 Å². The van der Waals surface area contributed by atoms with Crippen LogP contribution in [0.25, 0.3) is 0 Å². The third-order valence-corrected chi connectivity index (χ3v) is 3.07. The Morgan fingerprint density at radius 2 is 1.90 bits per heavy atom. The quantitative estimate of drug-likeness (QED) is 0.435. The number of rotatable bonds is 5. The Balaban J connectivity index is 2.36. The van der Waals surface area contributed by atoms with Crippen molar-refractivity contribution in [1.82, 2.24) is 0 Å². The highest BCUT2D eigenvalue weighted by atomic mass is 16.1. The van der Waals surface area contributed by atoms with E-state index in [9.17, 15) is 4.79 Å². The van der Waals surface area contributed by atoms with Crippen LogP contribution in [-0.2, 0) is 0 Å². The number of ketones is 1. The fourth-order valence-corrected chi connectivity index (χ4v) is 1.80. The van der Waals surface area contributed by atoms with Gasteiger partial charge in [-0.05, 0) is 30.4 Å². The molecule has 1 atom stereocenters. The van der Waals surface area contributed by atoms with Crippen LogP contribution in [0.5, 0.6) is 0 Å². The lowest BCUT2D eigenvalue weighted by molar-refractivity contribution is 0.105. The zero-order valence-electron chi connectivity index (χ0n) is 12.9. The van der Waals surface area contributed by atoms with Gasteiger partial charge in [-0.1, -0.05) is 74.8 Å². The number of unbranched alkanes of at least 4 members (excludes halogenated alkanes) is 1. The Bertz CT molecular complexity index is 573. The van der Waals surface area contributed by atoms with Crippen molar-refractivity contribution in [3.8, 4) is 23.7 Å². The standard InChI is InChI=1S/C20H22O/c1-3-4-13-18(2)14-9-6-5-7-12-17-20(21)19-15-10-8-11-16-19/h5,7-8,10-11,15-16,18H,3-4,13-14H2,1-2H3/b7-5-. The Kier molecular flexibility index (Phi) is 8.42. The van der Waals surface area contributed by atoms with Gasteiger partial charge >= 0.3 is 0 Å². The first-order valence-corrected chi connectivity index (χ1v) is 7.48. The van der Waals surface area contributed by atoms with E-state index in [1.165, 1.54) is 19.3 Å². The topological polar surface area (TPSA) is 17.1 Å². The van der Waals surface area contributed by atoms with Crippen LogP contribution in [-0.4, -0.2) is 5.78 Å². The molecule has 1 aromatic rings. The smallest absolute Gasteiger partial charge is 0.236 e. The highest BCUT2D eigenvalue weighted by Crippen LogP contribution is 2.10. The molecule has 0 aliphatic carbocycles. The summed E-state index contributed by atoms with van der Waals surface area (Å²) in [6, 6.07) is 9.06. The SMILES string of the molecule is CCCCC(C)CC#C/C=C\C#CC(=O)c1ccccc1. The summed E-state index contributed by atoms with van der Waals surface area (Å²) in [6.45, 7) is 4.43. The molecule has 108 valence electrons. The molecule has 0 aliphatic heterocycles. The van der Waals surface area contributed by atoms with Gasteiger partial charge in [0.2, 0.25) is 5.78 Å². The van der Waals surface area contributed by atoms with Crippen molar-refractivity contribution in [2.45, 2.75) is 39.5 Å². The third-order valence-electron chi connectivity index (χ3n) is 3.07. The number of carbonyl (C=O) groups is 1. The normalized spacial score (nSPS) is 11.1. The average Bonchev–Trinajstić information content (AvgIpc) is 2.52. The van der Waals surface area contributed by atoms with E-state index in [-0.39, 0.29) is 5.78 Å². The molecule has 0 amide bonds. The van der Waals surface area contributed by atoms with Gasteiger partial charge in [-0.2, -0.15) is 0 Å². The number of allylic oxidation sites excluding steroid dienone is 2. The van der Waals surface area contributed by atoms with E-state index in [1.807, 2.05) is 18.2 Å². The van der Waals surface area contributed by atoms with Gasteiger partial charge in [-0.3, -0.25) is 4.79 Å². The molecule has 0 radical (unpaired) electrons. The first kappa shape index (κ1) is 16.8. The van der Waals surface area contributed by atoms with E-state index in [0.717, 1.165) is 6.42 Å². The van der Waals surface area contributed by atoms with Crippen LogP contribution < -0.4 is 0 Å². The fourth-order valence-electron chi connectivity index (χ4n) is 1.80. The molecule has 0 saturated heterocycles. The van der Waals surface area contributed by atoms with Crippen LogP contribution >= 0.6 is 0 Å². The van der Waals surface area contributed by atoms with Gasteiger partial charge in [0.05, 0.1) is 0 Å². The molecule has 1 nitrogen and oxygen atoms in total. The fraction of sp³-hybridized carbons (Fsp3) is 0.350. The molecule has 1 aromatic carbocycles. The molecule has 0 spiro atoms. The second-order valence-corrected chi connectivity index (χ2v) is 5.07. The maximum atomic E-state index is 11.7. The molecule has 0 aromatic heterocycles. The van der Waals surface area contributed by atoms with Gasteiger partial charge in [-0.25, -0.2) is 0 Å². The van der Waals surface area contributed by atoms with E-state index >= 15 is 0 Å². The first-order chi connectivity index (χ1) is 10.2. The van der Waals surface area contributed by atoms with Gasteiger partial charge in [0.15, 0.2) is 0 Å². The van der Waals surface area contributed by atoms with E-state index in [4.69, 9.17) is 0 Å². The largest absolute Gasteiger partial charge is 0.279 e. The molecule has 1 rings (SSSR count). The second-order valence-electron chi connectivity index (χ2n) is 5.07. The molecular formula is C20H22O. The molecule has 0 N–H and O–H groups in total. The lowest BCUT2D eigenvalue weighted by atomic mass is 10.0. The molecular weight excluding hydrogens is 256 g/mol. The van der Waals surface area contributed by atoms with Crippen LogP contribution in [0.1, 0.15) is 49.9 Å². The van der Waals surface area contributed by atoms with Crippen LogP contribution in [0, 0.1) is 29.6 Å². The Labute approximate surface area is 128 Å². The van der Waals surface area contributed by atoms with Gasteiger partial charge in [-0.15, -0.1) is 0 Å². The van der Waals surface area contributed by atoms with Crippen molar-refractivity contribution < 1.29 is 4.79 Å². The molecule has 1 heteroatoms. The summed E-state index contributed by atoms with van der Waals surface area (Å²) in [4.78, 5) is 11.7. The van der Waals surface area contributed by atoms with Gasteiger partial charge in [0, 0.05) is 12.0 Å². The predicted octanol–water partition coefficient (Wildman–Crippen LogP) is 4.65. The Morgan fingerprint density at radius 1 is 1.19 bits per heavy atom. The Hall–Kier alpha value is -2.25. The van der Waals surface area contributed by atoms with Crippen molar-refractivity contribution in [2.75, 3.05) is 0 Å². The third kappa shape index (κ3) is 7.81. The van der Waals surface area contributed by atoms with E-state index in [2.05, 4.69) is 37.5 Å². The van der Waals surface area contributed by atoms with Crippen molar-refractivity contribution in [1.29, 1.82) is 0 Å². The molecule has 0 bridgehead atoms. The summed E-state index contributed by atoms with van der Waals surface area (Å²) in [6.07, 6.45) is 8.00. The molecule has 1 unspecified atom stereocenters. The molecule has 0 fully saturated rings. The van der Waals surface area contributed by atoms with Crippen LogP contribution in [0.3, 0.4) is 0 Å². The monoisotopic (exact) mass is 278 g/mol.